The maximum atomic E-state index is 14.6. The van der Waals surface area contributed by atoms with E-state index >= 15 is 0 Å². The van der Waals surface area contributed by atoms with E-state index in [0.29, 0.717) is 33.8 Å². The summed E-state index contributed by atoms with van der Waals surface area (Å²) in [5.74, 6) is -0.136. The largest absolute Gasteiger partial charge is 0.357 e. The molecule has 3 aromatic heterocycles. The molecule has 0 saturated carbocycles. The van der Waals surface area contributed by atoms with Crippen LogP contribution in [-0.4, -0.2) is 32.8 Å². The molecule has 36 heavy (non-hydrogen) atoms. The van der Waals surface area contributed by atoms with Crippen molar-refractivity contribution < 1.29 is 13.7 Å². The molecular formula is C25H28FN7O3. The first-order chi connectivity index (χ1) is 17.0. The quantitative estimate of drug-likeness (QED) is 0.351. The fraction of sp³-hybridized carbons (Fsp3) is 0.320. The van der Waals surface area contributed by atoms with E-state index in [1.165, 1.54) is 18.2 Å². The van der Waals surface area contributed by atoms with E-state index in [9.17, 15) is 14.0 Å². The third-order valence-corrected chi connectivity index (χ3v) is 5.55. The molecule has 1 aromatic carbocycles. The zero-order valence-electron chi connectivity index (χ0n) is 20.9. The van der Waals surface area contributed by atoms with Crippen LogP contribution in [0.3, 0.4) is 0 Å². The number of anilines is 3. The summed E-state index contributed by atoms with van der Waals surface area (Å²) in [7, 11) is 1.70. The van der Waals surface area contributed by atoms with Gasteiger partial charge in [-0.25, -0.2) is 14.2 Å². The van der Waals surface area contributed by atoms with Gasteiger partial charge in [-0.15, -0.1) is 0 Å². The van der Waals surface area contributed by atoms with E-state index in [1.807, 2.05) is 34.6 Å². The average molecular weight is 494 g/mol. The summed E-state index contributed by atoms with van der Waals surface area (Å²) in [5, 5.41) is 12.4. The molecule has 10 nitrogen and oxygen atoms in total. The van der Waals surface area contributed by atoms with Crippen molar-refractivity contribution in [2.75, 3.05) is 23.0 Å². The lowest BCUT2D eigenvalue weighted by Crippen LogP contribution is -2.25. The van der Waals surface area contributed by atoms with Crippen LogP contribution in [-0.2, 0) is 5.41 Å². The normalized spacial score (nSPS) is 11.7. The fourth-order valence-electron chi connectivity index (χ4n) is 3.67. The third-order valence-electron chi connectivity index (χ3n) is 5.55. The highest BCUT2D eigenvalue weighted by Gasteiger charge is 2.21. The Balaban J connectivity index is 1.68. The molecule has 11 heteroatoms. The molecule has 0 aliphatic heterocycles. The van der Waals surface area contributed by atoms with Gasteiger partial charge in [0.15, 0.2) is 0 Å². The third kappa shape index (κ3) is 4.90. The molecule has 0 aliphatic carbocycles. The van der Waals surface area contributed by atoms with Gasteiger partial charge in [-0.1, -0.05) is 32.0 Å². The molecule has 4 aromatic rings. The molecule has 4 rings (SSSR count). The molecule has 3 N–H and O–H groups in total. The lowest BCUT2D eigenvalue weighted by molar-refractivity contribution is 0.261. The average Bonchev–Trinajstić information content (AvgIpc) is 3.28. The maximum Gasteiger partial charge on any atom is 0.326 e. The molecule has 0 spiro atoms. The van der Waals surface area contributed by atoms with Gasteiger partial charge in [0, 0.05) is 41.7 Å². The van der Waals surface area contributed by atoms with Crippen molar-refractivity contribution in [3.8, 4) is 11.1 Å². The number of carbonyl (C=O) groups excluding carboxylic acids is 1. The molecule has 0 bridgehead atoms. The second-order valence-electron chi connectivity index (χ2n) is 9.65. The monoisotopic (exact) mass is 493 g/mol. The molecule has 188 valence electrons. The molecule has 2 amide bonds. The Morgan fingerprint density at radius 1 is 1.14 bits per heavy atom. The van der Waals surface area contributed by atoms with Crippen molar-refractivity contribution >= 4 is 34.6 Å². The number of fused-ring (bicyclic) bond motifs is 1. The van der Waals surface area contributed by atoms with Crippen molar-refractivity contribution in [3.05, 3.63) is 58.4 Å². The fourth-order valence-corrected chi connectivity index (χ4v) is 3.67. The van der Waals surface area contributed by atoms with Crippen LogP contribution in [0.1, 0.15) is 46.4 Å². The van der Waals surface area contributed by atoms with Gasteiger partial charge in [0.2, 0.25) is 11.8 Å². The first kappa shape index (κ1) is 24.8. The molecule has 0 unspecified atom stereocenters. The Hall–Kier alpha value is -4.28. The van der Waals surface area contributed by atoms with Gasteiger partial charge < -0.3 is 15.2 Å². The van der Waals surface area contributed by atoms with E-state index in [4.69, 9.17) is 4.52 Å². The summed E-state index contributed by atoms with van der Waals surface area (Å²) in [6, 6.07) is 6.46. The second kappa shape index (κ2) is 9.40. The van der Waals surface area contributed by atoms with E-state index in [2.05, 4.69) is 31.1 Å². The van der Waals surface area contributed by atoms with Gasteiger partial charge in [-0.05, 0) is 37.6 Å². The maximum absolute atomic E-state index is 14.6. The van der Waals surface area contributed by atoms with Crippen molar-refractivity contribution in [1.29, 1.82) is 0 Å². The predicted octanol–water partition coefficient (Wildman–Crippen LogP) is 5.15. The van der Waals surface area contributed by atoms with Gasteiger partial charge in [-0.2, -0.15) is 4.98 Å². The summed E-state index contributed by atoms with van der Waals surface area (Å²) >= 11 is 0. The number of nitrogens with zero attached hydrogens (tertiary/aromatic N) is 4. The van der Waals surface area contributed by atoms with Crippen LogP contribution < -0.4 is 21.5 Å². The highest BCUT2D eigenvalue weighted by Crippen LogP contribution is 2.27. The van der Waals surface area contributed by atoms with Crippen molar-refractivity contribution in [2.24, 2.45) is 0 Å². The Morgan fingerprint density at radius 3 is 2.53 bits per heavy atom. The molecular weight excluding hydrogens is 465 g/mol. The summed E-state index contributed by atoms with van der Waals surface area (Å²) in [5.41, 5.74) is 1.25. The van der Waals surface area contributed by atoms with Crippen LogP contribution in [0.25, 0.3) is 22.2 Å². The van der Waals surface area contributed by atoms with E-state index in [1.54, 1.807) is 29.9 Å². The van der Waals surface area contributed by atoms with Crippen LogP contribution in [0.15, 0.2) is 45.8 Å². The summed E-state index contributed by atoms with van der Waals surface area (Å²) in [6.45, 7) is 9.63. The molecule has 3 heterocycles. The second-order valence-corrected chi connectivity index (χ2v) is 9.65. The number of amides is 2. The van der Waals surface area contributed by atoms with Crippen LogP contribution in [0, 0.1) is 5.82 Å². The van der Waals surface area contributed by atoms with Gasteiger partial charge in [0.1, 0.15) is 11.5 Å². The van der Waals surface area contributed by atoms with E-state index < -0.39 is 11.8 Å². The lowest BCUT2D eigenvalue weighted by atomic mass is 9.92. The predicted molar refractivity (Wildman–Crippen MR) is 137 cm³/mol. The number of urea groups is 1. The van der Waals surface area contributed by atoms with Crippen molar-refractivity contribution in [3.63, 3.8) is 0 Å². The van der Waals surface area contributed by atoms with Crippen molar-refractivity contribution in [1.82, 2.24) is 19.7 Å². The van der Waals surface area contributed by atoms with Crippen LogP contribution in [0.4, 0.5) is 26.7 Å². The smallest absolute Gasteiger partial charge is 0.326 e. The number of nitrogens with one attached hydrogen (secondary N) is 3. The summed E-state index contributed by atoms with van der Waals surface area (Å²) < 4.78 is 21.3. The molecule has 0 aliphatic rings. The van der Waals surface area contributed by atoms with E-state index in [0.717, 1.165) is 0 Å². The number of pyridine rings is 1. The van der Waals surface area contributed by atoms with Crippen molar-refractivity contribution in [2.45, 2.75) is 46.1 Å². The van der Waals surface area contributed by atoms with Gasteiger partial charge in [-0.3, -0.25) is 14.7 Å². The molecule has 0 saturated heterocycles. The Labute approximate surface area is 206 Å². The summed E-state index contributed by atoms with van der Waals surface area (Å²) in [6.07, 6.45) is 1.62. The number of benzene rings is 1. The van der Waals surface area contributed by atoms with Crippen LogP contribution >= 0.6 is 0 Å². The zero-order valence-corrected chi connectivity index (χ0v) is 20.9. The minimum atomic E-state index is -0.714. The minimum Gasteiger partial charge on any atom is -0.357 e. The number of halogens is 1. The first-order valence-electron chi connectivity index (χ1n) is 11.4. The molecule has 0 radical (unpaired) electrons. The standard InChI is InChI=1S/C25H28FN7O3/c1-13(2)33-21-15(12-28-23(27-6)31-21)9-16(22(33)34)14-7-8-17(26)18(10-14)29-24(35)30-20-11-19(32-36-20)25(3,4)5/h7-13H,1-6H3,(H,27,28,31)(H2,29,30,35). The van der Waals surface area contributed by atoms with Crippen LogP contribution in [0.5, 0.6) is 0 Å². The van der Waals surface area contributed by atoms with Gasteiger partial charge in [0.25, 0.3) is 5.56 Å². The van der Waals surface area contributed by atoms with Gasteiger partial charge >= 0.3 is 6.03 Å². The highest BCUT2D eigenvalue weighted by atomic mass is 19.1. The summed E-state index contributed by atoms with van der Waals surface area (Å²) in [4.78, 5) is 34.6. The van der Waals surface area contributed by atoms with Gasteiger partial charge in [0.05, 0.1) is 11.4 Å². The first-order valence-corrected chi connectivity index (χ1v) is 11.4. The Kier molecular flexibility index (Phi) is 6.49. The lowest BCUT2D eigenvalue weighted by Gasteiger charge is -2.16. The Bertz CT molecular complexity index is 1500. The highest BCUT2D eigenvalue weighted by molar-refractivity contribution is 5.99. The number of aromatic nitrogens is 4. The number of hydrogen-bond acceptors (Lipinski definition) is 7. The van der Waals surface area contributed by atoms with Crippen LogP contribution in [0.2, 0.25) is 0 Å². The Morgan fingerprint density at radius 2 is 1.89 bits per heavy atom. The SMILES string of the molecule is CNc1ncc2cc(-c3ccc(F)c(NC(=O)Nc4cc(C(C)(C)C)no4)c3)c(=O)n(C(C)C)c2n1. The minimum absolute atomic E-state index is 0.0991. The van der Waals surface area contributed by atoms with E-state index in [-0.39, 0.29) is 28.6 Å². The number of rotatable bonds is 5. The molecule has 0 atom stereocenters. The number of carbonyl (C=O) groups is 1. The molecule has 0 fully saturated rings. The number of hydrogen-bond donors (Lipinski definition) is 3. The zero-order chi connectivity index (χ0) is 26.2. The topological polar surface area (TPSA) is 127 Å².